The third-order valence-electron chi connectivity index (χ3n) is 3.21. The lowest BCUT2D eigenvalue weighted by molar-refractivity contribution is -0.121. The lowest BCUT2D eigenvalue weighted by Crippen LogP contribution is -2.27. The van der Waals surface area contributed by atoms with Gasteiger partial charge < -0.3 is 11.1 Å². The average Bonchev–Trinajstić information content (AvgIpc) is 2.54. The van der Waals surface area contributed by atoms with Gasteiger partial charge in [-0.3, -0.25) is 4.79 Å². The fraction of sp³-hybridized carbons (Fsp3) is 0.176. The zero-order valence-electron chi connectivity index (χ0n) is 11.6. The molecule has 2 aromatic rings. The topological polar surface area (TPSA) is 78.9 Å². The standard InChI is InChI=1S/C17H17N3O/c18-11-13-6-8-14(9-7-13)12-20-17(21)10-16(19)15-4-2-1-3-5-15/h1-9,16H,10,12,19H2,(H,20,21). The minimum Gasteiger partial charge on any atom is -0.352 e. The van der Waals surface area contributed by atoms with Crippen LogP contribution in [0.2, 0.25) is 0 Å². The molecule has 0 fully saturated rings. The van der Waals surface area contributed by atoms with Crippen LogP contribution in [0.1, 0.15) is 29.2 Å². The maximum absolute atomic E-state index is 11.9. The maximum atomic E-state index is 11.9. The molecule has 4 nitrogen and oxygen atoms in total. The van der Waals surface area contributed by atoms with E-state index in [1.165, 1.54) is 0 Å². The van der Waals surface area contributed by atoms with Crippen molar-refractivity contribution in [2.75, 3.05) is 0 Å². The Labute approximate surface area is 124 Å². The van der Waals surface area contributed by atoms with Gasteiger partial charge >= 0.3 is 0 Å². The lowest BCUT2D eigenvalue weighted by Gasteiger charge is -2.12. The van der Waals surface area contributed by atoms with E-state index in [-0.39, 0.29) is 18.4 Å². The number of carbonyl (C=O) groups is 1. The monoisotopic (exact) mass is 279 g/mol. The molecule has 0 saturated carbocycles. The maximum Gasteiger partial charge on any atom is 0.222 e. The molecule has 106 valence electrons. The molecule has 3 N–H and O–H groups in total. The highest BCUT2D eigenvalue weighted by atomic mass is 16.1. The van der Waals surface area contributed by atoms with Crippen molar-refractivity contribution in [2.24, 2.45) is 5.73 Å². The molecule has 21 heavy (non-hydrogen) atoms. The summed E-state index contributed by atoms with van der Waals surface area (Å²) in [6, 6.07) is 18.4. The molecule has 1 atom stereocenters. The number of nitrogens with zero attached hydrogens (tertiary/aromatic N) is 1. The second-order valence-corrected chi connectivity index (χ2v) is 4.81. The summed E-state index contributed by atoms with van der Waals surface area (Å²) in [5.74, 6) is -0.0873. The number of rotatable bonds is 5. The number of nitriles is 1. The molecule has 0 spiro atoms. The van der Waals surface area contributed by atoms with Crippen molar-refractivity contribution in [3.05, 3.63) is 71.3 Å². The smallest absolute Gasteiger partial charge is 0.222 e. The first-order valence-corrected chi connectivity index (χ1v) is 6.75. The zero-order chi connectivity index (χ0) is 15.1. The quantitative estimate of drug-likeness (QED) is 0.881. The van der Waals surface area contributed by atoms with E-state index in [4.69, 9.17) is 11.0 Å². The van der Waals surface area contributed by atoms with Crippen LogP contribution in [0.3, 0.4) is 0 Å². The Hall–Kier alpha value is -2.64. The summed E-state index contributed by atoms with van der Waals surface area (Å²) < 4.78 is 0. The van der Waals surface area contributed by atoms with E-state index in [1.807, 2.05) is 42.5 Å². The van der Waals surface area contributed by atoms with E-state index >= 15 is 0 Å². The molecule has 0 bridgehead atoms. The van der Waals surface area contributed by atoms with Gasteiger partial charge in [0.05, 0.1) is 11.6 Å². The normalized spacial score (nSPS) is 11.4. The van der Waals surface area contributed by atoms with Gasteiger partial charge in [-0.1, -0.05) is 42.5 Å². The van der Waals surface area contributed by atoms with E-state index in [0.717, 1.165) is 11.1 Å². The van der Waals surface area contributed by atoms with Crippen LogP contribution >= 0.6 is 0 Å². The summed E-state index contributed by atoms with van der Waals surface area (Å²) in [5, 5.41) is 11.6. The van der Waals surface area contributed by atoms with Gasteiger partial charge in [-0.2, -0.15) is 5.26 Å². The van der Waals surface area contributed by atoms with Gasteiger partial charge in [0.15, 0.2) is 0 Å². The first-order valence-electron chi connectivity index (χ1n) is 6.75. The molecular formula is C17H17N3O. The number of amides is 1. The third-order valence-corrected chi connectivity index (χ3v) is 3.21. The molecule has 4 heteroatoms. The number of nitrogens with two attached hydrogens (primary N) is 1. The fourth-order valence-corrected chi connectivity index (χ4v) is 1.99. The molecule has 0 aliphatic heterocycles. The Kier molecular flexibility index (Phi) is 5.08. The number of hydrogen-bond donors (Lipinski definition) is 2. The van der Waals surface area contributed by atoms with Gasteiger partial charge in [0.1, 0.15) is 0 Å². The molecule has 0 aliphatic rings. The second-order valence-electron chi connectivity index (χ2n) is 4.81. The Morgan fingerprint density at radius 3 is 2.43 bits per heavy atom. The predicted molar refractivity (Wildman–Crippen MR) is 81.0 cm³/mol. The molecule has 1 amide bonds. The fourth-order valence-electron chi connectivity index (χ4n) is 1.99. The summed E-state index contributed by atoms with van der Waals surface area (Å²) in [7, 11) is 0. The largest absolute Gasteiger partial charge is 0.352 e. The van der Waals surface area contributed by atoms with E-state index in [2.05, 4.69) is 11.4 Å². The van der Waals surface area contributed by atoms with E-state index in [9.17, 15) is 4.79 Å². The number of carbonyl (C=O) groups excluding carboxylic acids is 1. The number of hydrogen-bond acceptors (Lipinski definition) is 3. The average molecular weight is 279 g/mol. The first-order chi connectivity index (χ1) is 10.2. The molecule has 0 aromatic heterocycles. The molecule has 2 rings (SSSR count). The van der Waals surface area contributed by atoms with Crippen molar-refractivity contribution >= 4 is 5.91 Å². The van der Waals surface area contributed by atoms with Crippen LogP contribution in [0, 0.1) is 11.3 Å². The van der Waals surface area contributed by atoms with Crippen LogP contribution in [0.5, 0.6) is 0 Å². The van der Waals surface area contributed by atoms with Crippen molar-refractivity contribution in [2.45, 2.75) is 19.0 Å². The van der Waals surface area contributed by atoms with Crippen LogP contribution in [-0.4, -0.2) is 5.91 Å². The van der Waals surface area contributed by atoms with Gasteiger partial charge in [0.25, 0.3) is 0 Å². The minimum absolute atomic E-state index is 0.0873. The van der Waals surface area contributed by atoms with Crippen LogP contribution in [0.25, 0.3) is 0 Å². The van der Waals surface area contributed by atoms with Crippen molar-refractivity contribution in [3.8, 4) is 6.07 Å². The van der Waals surface area contributed by atoms with Crippen LogP contribution in [0.15, 0.2) is 54.6 Å². The van der Waals surface area contributed by atoms with E-state index in [0.29, 0.717) is 12.1 Å². The Morgan fingerprint density at radius 2 is 1.81 bits per heavy atom. The number of nitrogens with one attached hydrogen (secondary N) is 1. The Bertz CT molecular complexity index is 629. The molecule has 0 radical (unpaired) electrons. The SMILES string of the molecule is N#Cc1ccc(CNC(=O)CC(N)c2ccccc2)cc1. The summed E-state index contributed by atoms with van der Waals surface area (Å²) in [6.07, 6.45) is 0.250. The third kappa shape index (κ3) is 4.44. The minimum atomic E-state index is -0.299. The van der Waals surface area contributed by atoms with Crippen LogP contribution in [-0.2, 0) is 11.3 Å². The zero-order valence-corrected chi connectivity index (χ0v) is 11.6. The van der Waals surface area contributed by atoms with Gasteiger partial charge in [-0.05, 0) is 23.3 Å². The highest BCUT2D eigenvalue weighted by Crippen LogP contribution is 2.13. The molecular weight excluding hydrogens is 262 g/mol. The molecule has 2 aromatic carbocycles. The van der Waals surface area contributed by atoms with E-state index in [1.54, 1.807) is 12.1 Å². The van der Waals surface area contributed by atoms with Crippen molar-refractivity contribution in [3.63, 3.8) is 0 Å². The van der Waals surface area contributed by atoms with Crippen LogP contribution < -0.4 is 11.1 Å². The van der Waals surface area contributed by atoms with Crippen molar-refractivity contribution in [1.82, 2.24) is 5.32 Å². The van der Waals surface area contributed by atoms with Gasteiger partial charge in [-0.25, -0.2) is 0 Å². The van der Waals surface area contributed by atoms with Crippen LogP contribution in [0.4, 0.5) is 0 Å². The van der Waals surface area contributed by atoms with Gasteiger partial charge in [0, 0.05) is 19.0 Å². The highest BCUT2D eigenvalue weighted by molar-refractivity contribution is 5.76. The van der Waals surface area contributed by atoms with Crippen molar-refractivity contribution < 1.29 is 4.79 Å². The predicted octanol–water partition coefficient (Wildman–Crippen LogP) is 2.26. The molecule has 0 saturated heterocycles. The number of benzene rings is 2. The van der Waals surface area contributed by atoms with Crippen molar-refractivity contribution in [1.29, 1.82) is 5.26 Å². The Balaban J connectivity index is 1.83. The summed E-state index contributed by atoms with van der Waals surface area (Å²) >= 11 is 0. The van der Waals surface area contributed by atoms with E-state index < -0.39 is 0 Å². The molecule has 0 heterocycles. The first kappa shape index (κ1) is 14.8. The van der Waals surface area contributed by atoms with Gasteiger partial charge in [0.2, 0.25) is 5.91 Å². The molecule has 0 aliphatic carbocycles. The highest BCUT2D eigenvalue weighted by Gasteiger charge is 2.10. The summed E-state index contributed by atoms with van der Waals surface area (Å²) in [4.78, 5) is 11.9. The Morgan fingerprint density at radius 1 is 1.14 bits per heavy atom. The summed E-state index contributed by atoms with van der Waals surface area (Å²) in [6.45, 7) is 0.437. The summed E-state index contributed by atoms with van der Waals surface area (Å²) in [5.41, 5.74) is 8.52. The second kappa shape index (κ2) is 7.22. The lowest BCUT2D eigenvalue weighted by atomic mass is 10.0. The molecule has 1 unspecified atom stereocenters. The van der Waals surface area contributed by atoms with Gasteiger partial charge in [-0.15, -0.1) is 0 Å².